The van der Waals surface area contributed by atoms with Gasteiger partial charge in [0.05, 0.1) is 6.61 Å². The van der Waals surface area contributed by atoms with Crippen molar-refractivity contribution in [2.75, 3.05) is 31.7 Å². The van der Waals surface area contributed by atoms with Crippen molar-refractivity contribution >= 4 is 11.6 Å². The zero-order valence-electron chi connectivity index (χ0n) is 13.6. The Labute approximate surface area is 138 Å². The molecule has 0 aliphatic heterocycles. The molecule has 0 heterocycles. The number of rotatable bonds is 9. The number of nitrogens with zero attached hydrogens (tertiary/aromatic N) is 1. The number of methoxy groups -OCH3 is 1. The van der Waals surface area contributed by atoms with Gasteiger partial charge in [-0.25, -0.2) is 0 Å². The van der Waals surface area contributed by atoms with Crippen LogP contribution in [0, 0.1) is 0 Å². The second-order valence-corrected chi connectivity index (χ2v) is 5.34. The summed E-state index contributed by atoms with van der Waals surface area (Å²) in [4.78, 5) is 14.1. The van der Waals surface area contributed by atoms with E-state index in [4.69, 9.17) is 4.74 Å². The molecule has 0 atom stereocenters. The number of anilines is 1. The Hall–Kier alpha value is -2.33. The van der Waals surface area contributed by atoms with E-state index in [0.29, 0.717) is 26.1 Å². The van der Waals surface area contributed by atoms with Gasteiger partial charge in [-0.05, 0) is 17.7 Å². The topological polar surface area (TPSA) is 41.6 Å². The highest BCUT2D eigenvalue weighted by molar-refractivity contribution is 5.76. The average molecular weight is 312 g/mol. The zero-order valence-corrected chi connectivity index (χ0v) is 13.6. The third-order valence-corrected chi connectivity index (χ3v) is 3.57. The summed E-state index contributed by atoms with van der Waals surface area (Å²) >= 11 is 0. The van der Waals surface area contributed by atoms with Gasteiger partial charge in [-0.1, -0.05) is 48.5 Å². The van der Waals surface area contributed by atoms with Gasteiger partial charge >= 0.3 is 0 Å². The summed E-state index contributed by atoms with van der Waals surface area (Å²) in [6.45, 7) is 2.56. The van der Waals surface area contributed by atoms with Crippen molar-refractivity contribution in [3.05, 3.63) is 66.2 Å². The SMILES string of the molecule is COCCNC(=O)CCN(Cc1ccccc1)c1ccccc1. The Balaban J connectivity index is 1.95. The summed E-state index contributed by atoms with van der Waals surface area (Å²) in [6, 6.07) is 20.5. The maximum absolute atomic E-state index is 11.9. The summed E-state index contributed by atoms with van der Waals surface area (Å²) < 4.78 is 4.94. The van der Waals surface area contributed by atoms with Gasteiger partial charge in [-0.15, -0.1) is 0 Å². The van der Waals surface area contributed by atoms with E-state index in [-0.39, 0.29) is 5.91 Å². The Bertz CT molecular complexity index is 572. The van der Waals surface area contributed by atoms with Crippen LogP contribution < -0.4 is 10.2 Å². The van der Waals surface area contributed by atoms with Gasteiger partial charge in [0.15, 0.2) is 0 Å². The molecule has 0 saturated carbocycles. The van der Waals surface area contributed by atoms with Crippen LogP contribution in [0.25, 0.3) is 0 Å². The van der Waals surface area contributed by atoms with E-state index in [1.54, 1.807) is 7.11 Å². The monoisotopic (exact) mass is 312 g/mol. The molecule has 2 rings (SSSR count). The molecule has 4 nitrogen and oxygen atoms in total. The van der Waals surface area contributed by atoms with Crippen LogP contribution in [0.3, 0.4) is 0 Å². The first-order valence-electron chi connectivity index (χ1n) is 7.89. The maximum atomic E-state index is 11.9. The van der Waals surface area contributed by atoms with E-state index < -0.39 is 0 Å². The number of benzene rings is 2. The normalized spacial score (nSPS) is 10.3. The molecule has 0 saturated heterocycles. The van der Waals surface area contributed by atoms with E-state index in [0.717, 1.165) is 12.2 Å². The summed E-state index contributed by atoms with van der Waals surface area (Å²) in [6.07, 6.45) is 0.464. The third kappa shape index (κ3) is 6.12. The first-order chi connectivity index (χ1) is 11.3. The number of amides is 1. The molecule has 0 radical (unpaired) electrons. The predicted octanol–water partition coefficient (Wildman–Crippen LogP) is 2.85. The molecule has 0 aromatic heterocycles. The quantitative estimate of drug-likeness (QED) is 0.724. The number of para-hydroxylation sites is 1. The summed E-state index contributed by atoms with van der Waals surface area (Å²) in [5.74, 6) is 0.0519. The number of hydrogen-bond acceptors (Lipinski definition) is 3. The molecule has 1 N–H and O–H groups in total. The Morgan fingerprint density at radius 3 is 2.35 bits per heavy atom. The van der Waals surface area contributed by atoms with Crippen molar-refractivity contribution < 1.29 is 9.53 Å². The molecule has 0 spiro atoms. The van der Waals surface area contributed by atoms with Crippen LogP contribution in [0.4, 0.5) is 5.69 Å². The fourth-order valence-electron chi connectivity index (χ4n) is 2.36. The minimum Gasteiger partial charge on any atom is -0.383 e. The number of carbonyl (C=O) groups excluding carboxylic acids is 1. The first kappa shape index (κ1) is 17.0. The molecule has 1 amide bonds. The van der Waals surface area contributed by atoms with Gasteiger partial charge in [0.2, 0.25) is 5.91 Å². The highest BCUT2D eigenvalue weighted by atomic mass is 16.5. The molecule has 122 valence electrons. The Morgan fingerprint density at radius 1 is 1.04 bits per heavy atom. The zero-order chi connectivity index (χ0) is 16.3. The molecule has 2 aromatic carbocycles. The summed E-state index contributed by atoms with van der Waals surface area (Å²) in [5, 5.41) is 2.86. The van der Waals surface area contributed by atoms with Gasteiger partial charge in [0, 0.05) is 38.9 Å². The average Bonchev–Trinajstić information content (AvgIpc) is 2.60. The van der Waals surface area contributed by atoms with E-state index in [1.165, 1.54) is 5.56 Å². The van der Waals surface area contributed by atoms with Crippen LogP contribution in [0.1, 0.15) is 12.0 Å². The van der Waals surface area contributed by atoms with Crippen LogP contribution >= 0.6 is 0 Å². The van der Waals surface area contributed by atoms with Crippen LogP contribution in [0.2, 0.25) is 0 Å². The van der Waals surface area contributed by atoms with Crippen LogP contribution in [-0.2, 0) is 16.1 Å². The number of nitrogens with one attached hydrogen (secondary N) is 1. The van der Waals surface area contributed by atoms with E-state index in [9.17, 15) is 4.79 Å². The van der Waals surface area contributed by atoms with Crippen molar-refractivity contribution in [1.29, 1.82) is 0 Å². The molecule has 0 aliphatic rings. The lowest BCUT2D eigenvalue weighted by Crippen LogP contribution is -2.32. The largest absolute Gasteiger partial charge is 0.383 e. The van der Waals surface area contributed by atoms with Crippen molar-refractivity contribution in [1.82, 2.24) is 5.32 Å². The van der Waals surface area contributed by atoms with Gasteiger partial charge in [-0.2, -0.15) is 0 Å². The minimum absolute atomic E-state index is 0.0519. The number of ether oxygens (including phenoxy) is 1. The standard InChI is InChI=1S/C19H24N2O2/c1-23-15-13-20-19(22)12-14-21(18-10-6-3-7-11-18)16-17-8-4-2-5-9-17/h2-11H,12-16H2,1H3,(H,20,22). The molecule has 23 heavy (non-hydrogen) atoms. The number of hydrogen-bond donors (Lipinski definition) is 1. The smallest absolute Gasteiger partial charge is 0.221 e. The maximum Gasteiger partial charge on any atom is 0.221 e. The van der Waals surface area contributed by atoms with E-state index >= 15 is 0 Å². The molecule has 0 aliphatic carbocycles. The molecule has 2 aromatic rings. The highest BCUT2D eigenvalue weighted by Gasteiger charge is 2.09. The number of carbonyl (C=O) groups is 1. The lowest BCUT2D eigenvalue weighted by atomic mass is 10.2. The summed E-state index contributed by atoms with van der Waals surface area (Å²) in [7, 11) is 1.63. The fourth-order valence-corrected chi connectivity index (χ4v) is 2.36. The van der Waals surface area contributed by atoms with Gasteiger partial charge < -0.3 is 15.0 Å². The Kier molecular flexibility index (Phi) is 7.14. The molecule has 0 unspecified atom stereocenters. The third-order valence-electron chi connectivity index (χ3n) is 3.57. The van der Waals surface area contributed by atoms with Crippen molar-refractivity contribution in [3.63, 3.8) is 0 Å². The van der Waals surface area contributed by atoms with Gasteiger partial charge in [0.1, 0.15) is 0 Å². The van der Waals surface area contributed by atoms with Crippen molar-refractivity contribution in [2.24, 2.45) is 0 Å². The minimum atomic E-state index is 0.0519. The molecule has 4 heteroatoms. The fraction of sp³-hybridized carbons (Fsp3) is 0.316. The molecular formula is C19H24N2O2. The molecule has 0 bridgehead atoms. The second-order valence-electron chi connectivity index (χ2n) is 5.34. The van der Waals surface area contributed by atoms with Crippen LogP contribution in [0.15, 0.2) is 60.7 Å². The van der Waals surface area contributed by atoms with Gasteiger partial charge in [0.25, 0.3) is 0 Å². The second kappa shape index (κ2) is 9.64. The lowest BCUT2D eigenvalue weighted by molar-refractivity contribution is -0.121. The highest BCUT2D eigenvalue weighted by Crippen LogP contribution is 2.17. The van der Waals surface area contributed by atoms with Crippen molar-refractivity contribution in [3.8, 4) is 0 Å². The van der Waals surface area contributed by atoms with Gasteiger partial charge in [-0.3, -0.25) is 4.79 Å². The van der Waals surface area contributed by atoms with Crippen LogP contribution in [-0.4, -0.2) is 32.7 Å². The Morgan fingerprint density at radius 2 is 1.70 bits per heavy atom. The molecular weight excluding hydrogens is 288 g/mol. The molecule has 0 fully saturated rings. The van der Waals surface area contributed by atoms with E-state index in [1.807, 2.05) is 36.4 Å². The van der Waals surface area contributed by atoms with Crippen LogP contribution in [0.5, 0.6) is 0 Å². The summed E-state index contributed by atoms with van der Waals surface area (Å²) in [5.41, 5.74) is 2.36. The lowest BCUT2D eigenvalue weighted by Gasteiger charge is -2.25. The predicted molar refractivity (Wildman–Crippen MR) is 93.4 cm³/mol. The first-order valence-corrected chi connectivity index (χ1v) is 7.89. The van der Waals surface area contributed by atoms with E-state index in [2.05, 4.69) is 34.5 Å². The van der Waals surface area contributed by atoms with Crippen molar-refractivity contribution in [2.45, 2.75) is 13.0 Å².